The van der Waals surface area contributed by atoms with Crippen molar-refractivity contribution in [1.82, 2.24) is 0 Å². The maximum absolute atomic E-state index is 2.63. The lowest BCUT2D eigenvalue weighted by Gasteiger charge is -2.36. The third-order valence-electron chi connectivity index (χ3n) is 5.31. The molecular weight excluding hydrogens is 264 g/mol. The summed E-state index contributed by atoms with van der Waals surface area (Å²) in [4.78, 5) is 0. The topological polar surface area (TPSA) is 0 Å². The maximum atomic E-state index is 2.63. The molecule has 1 aliphatic rings. The van der Waals surface area contributed by atoms with Crippen LogP contribution in [-0.2, 0) is 0 Å². The van der Waals surface area contributed by atoms with E-state index in [-0.39, 0.29) is 5.41 Å². The Morgan fingerprint density at radius 2 is 1.68 bits per heavy atom. The Bertz CT molecular complexity index is 487. The Labute approximate surface area is 138 Å². The molecule has 1 aromatic rings. The van der Waals surface area contributed by atoms with Crippen LogP contribution in [0.4, 0.5) is 0 Å². The molecule has 0 nitrogen and oxygen atoms in total. The van der Waals surface area contributed by atoms with Gasteiger partial charge in [-0.15, -0.1) is 0 Å². The first-order chi connectivity index (χ1) is 10.3. The van der Waals surface area contributed by atoms with Crippen molar-refractivity contribution in [2.75, 3.05) is 0 Å². The third-order valence-corrected chi connectivity index (χ3v) is 5.31. The van der Waals surface area contributed by atoms with Crippen LogP contribution in [0.15, 0.2) is 42.0 Å². The van der Waals surface area contributed by atoms with Crippen molar-refractivity contribution < 1.29 is 0 Å². The van der Waals surface area contributed by atoms with E-state index >= 15 is 0 Å². The van der Waals surface area contributed by atoms with Gasteiger partial charge in [0.1, 0.15) is 0 Å². The molecule has 0 aromatic heterocycles. The van der Waals surface area contributed by atoms with Crippen molar-refractivity contribution >= 4 is 0 Å². The van der Waals surface area contributed by atoms with Gasteiger partial charge in [-0.2, -0.15) is 0 Å². The highest BCUT2D eigenvalue weighted by Gasteiger charge is 2.30. The monoisotopic (exact) mass is 298 g/mol. The molecule has 3 atom stereocenters. The van der Waals surface area contributed by atoms with Crippen molar-refractivity contribution in [3.05, 3.63) is 47.5 Å². The number of benzene rings is 1. The smallest absolute Gasteiger partial charge is 0.00693 e. The second kappa shape index (κ2) is 7.02. The van der Waals surface area contributed by atoms with Gasteiger partial charge in [0.2, 0.25) is 0 Å². The van der Waals surface area contributed by atoms with Crippen LogP contribution in [0.2, 0.25) is 0 Å². The standard InChI is InChI=1S/C22H34/c1-16(2)20-13-12-17(3)14-19(20)15-21(22(4,5)6)18-10-8-7-9-11-18/h7-11,15-17,20-21H,12-14H2,1-6H3/b19-15+/t17-,20+,21+/m1/s1. The first-order valence-electron chi connectivity index (χ1n) is 9.04. The fraction of sp³-hybridized carbons (Fsp3) is 0.636. The van der Waals surface area contributed by atoms with Gasteiger partial charge >= 0.3 is 0 Å². The number of rotatable bonds is 3. The molecule has 22 heavy (non-hydrogen) atoms. The fourth-order valence-corrected chi connectivity index (χ4v) is 3.98. The van der Waals surface area contributed by atoms with Gasteiger partial charge in [-0.1, -0.05) is 83.5 Å². The van der Waals surface area contributed by atoms with Gasteiger partial charge in [0.05, 0.1) is 0 Å². The normalized spacial score (nSPS) is 26.4. The number of hydrogen-bond acceptors (Lipinski definition) is 0. The first-order valence-corrected chi connectivity index (χ1v) is 9.04. The largest absolute Gasteiger partial charge is 0.0770 e. The summed E-state index contributed by atoms with van der Waals surface area (Å²) in [6.07, 6.45) is 6.69. The lowest BCUT2D eigenvalue weighted by molar-refractivity contribution is 0.299. The van der Waals surface area contributed by atoms with E-state index in [0.717, 1.165) is 17.8 Å². The van der Waals surface area contributed by atoms with E-state index < -0.39 is 0 Å². The van der Waals surface area contributed by atoms with Crippen LogP contribution >= 0.6 is 0 Å². The summed E-state index contributed by atoms with van der Waals surface area (Å²) < 4.78 is 0. The summed E-state index contributed by atoms with van der Waals surface area (Å²) in [5.41, 5.74) is 3.44. The predicted octanol–water partition coefficient (Wildman–Crippen LogP) is 6.83. The second-order valence-electron chi connectivity index (χ2n) is 8.73. The molecule has 0 unspecified atom stereocenters. The Balaban J connectivity index is 2.38. The number of allylic oxidation sites excluding steroid dienone is 2. The second-order valence-corrected chi connectivity index (χ2v) is 8.73. The molecule has 0 bridgehead atoms. The van der Waals surface area contributed by atoms with Crippen molar-refractivity contribution in [3.63, 3.8) is 0 Å². The average molecular weight is 299 g/mol. The molecule has 0 radical (unpaired) electrons. The van der Waals surface area contributed by atoms with Crippen LogP contribution < -0.4 is 0 Å². The molecule has 1 aliphatic carbocycles. The molecule has 1 saturated carbocycles. The average Bonchev–Trinajstić information content (AvgIpc) is 2.44. The highest BCUT2D eigenvalue weighted by atomic mass is 14.3. The van der Waals surface area contributed by atoms with E-state index in [2.05, 4.69) is 78.0 Å². The Morgan fingerprint density at radius 3 is 2.23 bits per heavy atom. The Morgan fingerprint density at radius 1 is 1.05 bits per heavy atom. The minimum absolute atomic E-state index is 0.260. The van der Waals surface area contributed by atoms with Crippen LogP contribution in [0.25, 0.3) is 0 Å². The zero-order chi connectivity index (χ0) is 16.3. The van der Waals surface area contributed by atoms with Crippen LogP contribution in [0.1, 0.15) is 72.3 Å². The number of hydrogen-bond donors (Lipinski definition) is 0. The molecule has 1 aromatic carbocycles. The van der Waals surface area contributed by atoms with Crippen LogP contribution in [0.3, 0.4) is 0 Å². The van der Waals surface area contributed by atoms with Gasteiger partial charge in [-0.05, 0) is 48.0 Å². The zero-order valence-corrected chi connectivity index (χ0v) is 15.4. The summed E-state index contributed by atoms with van der Waals surface area (Å²) in [6.45, 7) is 14.3. The lowest BCUT2D eigenvalue weighted by atomic mass is 9.69. The lowest BCUT2D eigenvalue weighted by Crippen LogP contribution is -2.23. The van der Waals surface area contributed by atoms with Gasteiger partial charge in [0.15, 0.2) is 0 Å². The third kappa shape index (κ3) is 4.24. The quantitative estimate of drug-likeness (QED) is 0.536. The van der Waals surface area contributed by atoms with E-state index in [0.29, 0.717) is 5.92 Å². The molecule has 0 spiro atoms. The minimum Gasteiger partial charge on any atom is -0.0770 e. The molecule has 0 amide bonds. The first kappa shape index (κ1) is 17.3. The molecule has 0 heteroatoms. The minimum atomic E-state index is 0.260. The van der Waals surface area contributed by atoms with Crippen LogP contribution in [0.5, 0.6) is 0 Å². The van der Waals surface area contributed by atoms with Gasteiger partial charge in [-0.3, -0.25) is 0 Å². The molecule has 1 fully saturated rings. The van der Waals surface area contributed by atoms with Gasteiger partial charge in [-0.25, -0.2) is 0 Å². The summed E-state index contributed by atoms with van der Waals surface area (Å²) in [5.74, 6) is 2.90. The van der Waals surface area contributed by atoms with Gasteiger partial charge in [0.25, 0.3) is 0 Å². The summed E-state index contributed by atoms with van der Waals surface area (Å²) in [6, 6.07) is 11.1. The fourth-order valence-electron chi connectivity index (χ4n) is 3.98. The van der Waals surface area contributed by atoms with Crippen molar-refractivity contribution in [3.8, 4) is 0 Å². The van der Waals surface area contributed by atoms with Crippen molar-refractivity contribution in [2.45, 2.75) is 66.7 Å². The molecule has 0 aliphatic heterocycles. The van der Waals surface area contributed by atoms with Crippen LogP contribution in [-0.4, -0.2) is 0 Å². The predicted molar refractivity (Wildman–Crippen MR) is 98.1 cm³/mol. The van der Waals surface area contributed by atoms with E-state index in [9.17, 15) is 0 Å². The SMILES string of the molecule is CC(C)[C@@H]1CC[C@@H](C)C/C1=C\[C@@H](c1ccccc1)C(C)(C)C. The molecular formula is C22H34. The van der Waals surface area contributed by atoms with Crippen LogP contribution in [0, 0.1) is 23.2 Å². The molecule has 2 rings (SSSR count). The van der Waals surface area contributed by atoms with E-state index in [1.165, 1.54) is 24.8 Å². The Hall–Kier alpha value is -1.04. The highest BCUT2D eigenvalue weighted by Crippen LogP contribution is 2.43. The zero-order valence-electron chi connectivity index (χ0n) is 15.4. The van der Waals surface area contributed by atoms with E-state index in [1.807, 2.05) is 0 Å². The molecule has 0 heterocycles. The Kier molecular flexibility index (Phi) is 5.53. The molecule has 122 valence electrons. The summed E-state index contributed by atoms with van der Waals surface area (Å²) in [7, 11) is 0. The van der Waals surface area contributed by atoms with Crippen molar-refractivity contribution in [1.29, 1.82) is 0 Å². The molecule has 0 N–H and O–H groups in total. The van der Waals surface area contributed by atoms with Crippen molar-refractivity contribution in [2.24, 2.45) is 23.2 Å². The summed E-state index contributed by atoms with van der Waals surface area (Å²) in [5, 5.41) is 0. The van der Waals surface area contributed by atoms with E-state index in [4.69, 9.17) is 0 Å². The summed E-state index contributed by atoms with van der Waals surface area (Å²) >= 11 is 0. The van der Waals surface area contributed by atoms with E-state index in [1.54, 1.807) is 5.57 Å². The van der Waals surface area contributed by atoms with Gasteiger partial charge in [0, 0.05) is 5.92 Å². The maximum Gasteiger partial charge on any atom is 0.00693 e. The molecule has 0 saturated heterocycles. The highest BCUT2D eigenvalue weighted by molar-refractivity contribution is 5.29. The van der Waals surface area contributed by atoms with Gasteiger partial charge < -0.3 is 0 Å².